The molecule has 1 rings (SSSR count). The lowest BCUT2D eigenvalue weighted by molar-refractivity contribution is -0.0793. The van der Waals surface area contributed by atoms with Crippen molar-refractivity contribution in [2.45, 2.75) is 115 Å². The van der Waals surface area contributed by atoms with Crippen LogP contribution in [0.15, 0.2) is 12.2 Å². The number of aliphatic hydroxyl groups is 2. The number of ether oxygens (including phenoxy) is 2. The summed E-state index contributed by atoms with van der Waals surface area (Å²) in [5.41, 5.74) is 0. The first-order valence-electron chi connectivity index (χ1n) is 11.0. The molecule has 1 aliphatic heterocycles. The second-order valence-electron chi connectivity index (χ2n) is 7.52. The van der Waals surface area contributed by atoms with E-state index >= 15 is 0 Å². The Morgan fingerprint density at radius 3 is 1.62 bits per heavy atom. The van der Waals surface area contributed by atoms with Gasteiger partial charge in [0, 0.05) is 0 Å². The van der Waals surface area contributed by atoms with Gasteiger partial charge in [-0.25, -0.2) is 0 Å². The molecule has 2 N–H and O–H groups in total. The summed E-state index contributed by atoms with van der Waals surface area (Å²) in [6.07, 6.45) is 21.4. The largest absolute Gasteiger partial charge is 0.394 e. The molecule has 0 aromatic rings. The molecule has 3 atom stereocenters. The summed E-state index contributed by atoms with van der Waals surface area (Å²) in [6.45, 7) is 2.09. The Bertz CT molecular complexity index is 320. The van der Waals surface area contributed by atoms with Gasteiger partial charge in [-0.2, -0.15) is 0 Å². The average Bonchev–Trinajstić information content (AvgIpc) is 3.07. The van der Waals surface area contributed by atoms with Gasteiger partial charge >= 0.3 is 0 Å². The van der Waals surface area contributed by atoms with Gasteiger partial charge in [-0.15, -0.1) is 0 Å². The molecule has 0 bridgehead atoms. The Kier molecular flexibility index (Phi) is 15.2. The molecule has 1 heterocycles. The van der Waals surface area contributed by atoms with Crippen molar-refractivity contribution in [3.05, 3.63) is 12.2 Å². The quantitative estimate of drug-likeness (QED) is 0.276. The Hall–Kier alpha value is -0.420. The molecule has 154 valence electrons. The molecule has 26 heavy (non-hydrogen) atoms. The van der Waals surface area contributed by atoms with Gasteiger partial charge in [0.25, 0.3) is 0 Å². The molecular weight excluding hydrogens is 328 g/mol. The van der Waals surface area contributed by atoms with E-state index in [1.54, 1.807) is 0 Å². The minimum Gasteiger partial charge on any atom is -0.394 e. The van der Waals surface area contributed by atoms with Crippen molar-refractivity contribution < 1.29 is 19.7 Å². The number of aliphatic hydroxyl groups excluding tert-OH is 2. The van der Waals surface area contributed by atoms with Crippen LogP contribution >= 0.6 is 0 Å². The summed E-state index contributed by atoms with van der Waals surface area (Å²) in [5.74, 6) is 0. The number of rotatable bonds is 17. The Labute approximate surface area is 161 Å². The highest BCUT2D eigenvalue weighted by Crippen LogP contribution is 2.23. The van der Waals surface area contributed by atoms with E-state index in [1.807, 2.05) is 0 Å². The predicted molar refractivity (Wildman–Crippen MR) is 107 cm³/mol. The van der Waals surface area contributed by atoms with Gasteiger partial charge < -0.3 is 19.7 Å². The van der Waals surface area contributed by atoms with Crippen LogP contribution in [0, 0.1) is 0 Å². The zero-order valence-electron chi connectivity index (χ0n) is 16.9. The minimum atomic E-state index is -0.367. The molecule has 0 spiro atoms. The van der Waals surface area contributed by atoms with Crippen LogP contribution in [-0.4, -0.2) is 41.9 Å². The summed E-state index contributed by atoms with van der Waals surface area (Å²) in [5, 5.41) is 18.3. The Morgan fingerprint density at radius 1 is 0.654 bits per heavy atom. The second kappa shape index (κ2) is 16.7. The van der Waals surface area contributed by atoms with Gasteiger partial charge in [-0.3, -0.25) is 0 Å². The first kappa shape index (κ1) is 23.6. The van der Waals surface area contributed by atoms with Crippen molar-refractivity contribution in [1.29, 1.82) is 0 Å². The third-order valence-corrected chi connectivity index (χ3v) is 5.13. The van der Waals surface area contributed by atoms with Crippen molar-refractivity contribution in [2.24, 2.45) is 0 Å². The van der Waals surface area contributed by atoms with E-state index in [-0.39, 0.29) is 31.7 Å². The van der Waals surface area contributed by atoms with Gasteiger partial charge in [-0.1, -0.05) is 70.4 Å². The smallest absolute Gasteiger partial charge is 0.158 e. The molecule has 0 saturated carbocycles. The molecule has 0 aromatic heterocycles. The third kappa shape index (κ3) is 11.3. The highest BCUT2D eigenvalue weighted by molar-refractivity contribution is 4.81. The Balaban J connectivity index is 1.83. The fourth-order valence-corrected chi connectivity index (χ4v) is 3.44. The topological polar surface area (TPSA) is 58.9 Å². The summed E-state index contributed by atoms with van der Waals surface area (Å²) in [6, 6.07) is 0. The van der Waals surface area contributed by atoms with E-state index in [1.165, 1.54) is 77.0 Å². The highest BCUT2D eigenvalue weighted by atomic mass is 16.7. The molecule has 4 heteroatoms. The minimum absolute atomic E-state index is 0.0892. The maximum Gasteiger partial charge on any atom is 0.158 e. The van der Waals surface area contributed by atoms with Crippen molar-refractivity contribution in [3.63, 3.8) is 0 Å². The SMILES string of the molecule is CCCCCCCC/C=C\CCCCCCCC1OC(CO)[C@H](CO)O1. The number of hydrogen-bond acceptors (Lipinski definition) is 4. The van der Waals surface area contributed by atoms with Crippen LogP contribution in [0.4, 0.5) is 0 Å². The third-order valence-electron chi connectivity index (χ3n) is 5.13. The van der Waals surface area contributed by atoms with E-state index in [0.29, 0.717) is 0 Å². The highest BCUT2D eigenvalue weighted by Gasteiger charge is 2.34. The van der Waals surface area contributed by atoms with E-state index in [4.69, 9.17) is 19.7 Å². The van der Waals surface area contributed by atoms with Crippen molar-refractivity contribution in [1.82, 2.24) is 0 Å². The monoisotopic (exact) mass is 370 g/mol. The maximum atomic E-state index is 9.17. The standard InChI is InChI=1S/C22H42O4/c1-2-3-4-5-6-7-8-9-10-11-12-13-14-15-16-17-22-25-20(18-23)21(19-24)26-22/h9-10,20-24H,2-8,11-19H2,1H3/b10-9-/t20-,21?,22?/m0/s1. The van der Waals surface area contributed by atoms with Crippen LogP contribution in [0.1, 0.15) is 96.8 Å². The van der Waals surface area contributed by atoms with Gasteiger partial charge in [0.15, 0.2) is 6.29 Å². The van der Waals surface area contributed by atoms with E-state index in [2.05, 4.69) is 19.1 Å². The van der Waals surface area contributed by atoms with E-state index < -0.39 is 0 Å². The van der Waals surface area contributed by atoms with Crippen molar-refractivity contribution in [2.75, 3.05) is 13.2 Å². The zero-order chi connectivity index (χ0) is 18.9. The number of hydrogen-bond donors (Lipinski definition) is 2. The van der Waals surface area contributed by atoms with Crippen LogP contribution in [0.25, 0.3) is 0 Å². The molecule has 1 saturated heterocycles. The van der Waals surface area contributed by atoms with Gasteiger partial charge in [0.2, 0.25) is 0 Å². The van der Waals surface area contributed by atoms with Crippen LogP contribution in [0.5, 0.6) is 0 Å². The van der Waals surface area contributed by atoms with Crippen LogP contribution in [0.2, 0.25) is 0 Å². The second-order valence-corrected chi connectivity index (χ2v) is 7.52. The molecule has 0 radical (unpaired) electrons. The fourth-order valence-electron chi connectivity index (χ4n) is 3.44. The average molecular weight is 371 g/mol. The summed E-state index contributed by atoms with van der Waals surface area (Å²) >= 11 is 0. The number of unbranched alkanes of at least 4 members (excludes halogenated alkanes) is 11. The lowest BCUT2D eigenvalue weighted by Crippen LogP contribution is -2.29. The van der Waals surface area contributed by atoms with E-state index in [0.717, 1.165) is 12.8 Å². The lowest BCUT2D eigenvalue weighted by atomic mass is 10.1. The maximum absolute atomic E-state index is 9.17. The van der Waals surface area contributed by atoms with Gasteiger partial charge in [-0.05, 0) is 38.5 Å². The van der Waals surface area contributed by atoms with Gasteiger partial charge in [0.05, 0.1) is 13.2 Å². The molecule has 1 aliphatic rings. The van der Waals surface area contributed by atoms with Crippen molar-refractivity contribution >= 4 is 0 Å². The number of allylic oxidation sites excluding steroid dienone is 2. The molecular formula is C22H42O4. The zero-order valence-corrected chi connectivity index (χ0v) is 16.9. The molecule has 0 aliphatic carbocycles. The predicted octanol–water partition coefficient (Wildman–Crippen LogP) is 5.12. The van der Waals surface area contributed by atoms with Gasteiger partial charge in [0.1, 0.15) is 12.2 Å². The first-order valence-corrected chi connectivity index (χ1v) is 11.0. The molecule has 2 unspecified atom stereocenters. The fraction of sp³-hybridized carbons (Fsp3) is 0.909. The molecule has 0 aromatic carbocycles. The van der Waals surface area contributed by atoms with E-state index in [9.17, 15) is 0 Å². The summed E-state index contributed by atoms with van der Waals surface area (Å²) in [4.78, 5) is 0. The molecule has 0 amide bonds. The van der Waals surface area contributed by atoms with Crippen molar-refractivity contribution in [3.8, 4) is 0 Å². The normalized spacial score (nSPS) is 23.3. The summed E-state index contributed by atoms with van der Waals surface area (Å²) in [7, 11) is 0. The van der Waals surface area contributed by atoms with Crippen LogP contribution < -0.4 is 0 Å². The summed E-state index contributed by atoms with van der Waals surface area (Å²) < 4.78 is 11.2. The van der Waals surface area contributed by atoms with Crippen LogP contribution in [0.3, 0.4) is 0 Å². The van der Waals surface area contributed by atoms with Crippen LogP contribution in [-0.2, 0) is 9.47 Å². The Morgan fingerprint density at radius 2 is 1.12 bits per heavy atom. The molecule has 4 nitrogen and oxygen atoms in total. The molecule has 1 fully saturated rings. The first-order chi connectivity index (χ1) is 12.8. The lowest BCUT2D eigenvalue weighted by Gasteiger charge is -2.09.